The van der Waals surface area contributed by atoms with Gasteiger partial charge in [0.1, 0.15) is 0 Å². The number of thiazole rings is 1. The van der Waals surface area contributed by atoms with Gasteiger partial charge in [0.2, 0.25) is 0 Å². The molecule has 2 N–H and O–H groups in total. The Morgan fingerprint density at radius 3 is 2.83 bits per heavy atom. The normalized spacial score (nSPS) is 16.0. The zero-order chi connectivity index (χ0) is 15.6. The molecule has 1 aromatic heterocycles. The second-order valence-corrected chi connectivity index (χ2v) is 6.23. The van der Waals surface area contributed by atoms with E-state index in [4.69, 9.17) is 4.74 Å². The fraction of sp³-hybridized carbons (Fsp3) is 0.733. The highest BCUT2D eigenvalue weighted by molar-refractivity contribution is 14.0. The van der Waals surface area contributed by atoms with Crippen molar-refractivity contribution in [3.63, 3.8) is 0 Å². The van der Waals surface area contributed by atoms with Gasteiger partial charge < -0.3 is 15.4 Å². The van der Waals surface area contributed by atoms with Gasteiger partial charge in [-0.05, 0) is 26.8 Å². The quantitative estimate of drug-likeness (QED) is 0.286. The van der Waals surface area contributed by atoms with Crippen molar-refractivity contribution in [2.75, 3.05) is 45.9 Å². The van der Waals surface area contributed by atoms with E-state index < -0.39 is 0 Å². The first-order valence-corrected chi connectivity index (χ1v) is 8.88. The Morgan fingerprint density at radius 1 is 1.39 bits per heavy atom. The Balaban J connectivity index is 0.00000264. The first-order valence-electron chi connectivity index (χ1n) is 8.01. The van der Waals surface area contributed by atoms with Crippen molar-refractivity contribution in [1.82, 2.24) is 20.5 Å². The summed E-state index contributed by atoms with van der Waals surface area (Å²) in [5, 5.41) is 6.70. The number of hydrogen-bond acceptors (Lipinski definition) is 5. The molecule has 1 aromatic rings. The minimum atomic E-state index is 0. The lowest BCUT2D eigenvalue weighted by molar-refractivity contribution is 0.0376. The van der Waals surface area contributed by atoms with Crippen LogP contribution in [0.4, 0.5) is 0 Å². The van der Waals surface area contributed by atoms with Gasteiger partial charge in [0.15, 0.2) is 5.96 Å². The molecule has 2 rings (SSSR count). The summed E-state index contributed by atoms with van der Waals surface area (Å²) in [6, 6.07) is 0. The zero-order valence-corrected chi connectivity index (χ0v) is 17.2. The molecule has 0 radical (unpaired) electrons. The number of aromatic nitrogens is 1. The van der Waals surface area contributed by atoms with Gasteiger partial charge >= 0.3 is 0 Å². The monoisotopic (exact) mass is 453 g/mol. The topological polar surface area (TPSA) is 61.8 Å². The van der Waals surface area contributed by atoms with Crippen LogP contribution in [0.15, 0.2) is 10.5 Å². The molecule has 23 heavy (non-hydrogen) atoms. The van der Waals surface area contributed by atoms with Crippen LogP contribution in [0.25, 0.3) is 0 Å². The summed E-state index contributed by atoms with van der Waals surface area (Å²) < 4.78 is 5.36. The molecule has 132 valence electrons. The van der Waals surface area contributed by atoms with Gasteiger partial charge in [-0.25, -0.2) is 9.98 Å². The largest absolute Gasteiger partial charge is 0.379 e. The van der Waals surface area contributed by atoms with Gasteiger partial charge in [0, 0.05) is 31.1 Å². The Bertz CT molecular complexity index is 462. The fourth-order valence-corrected chi connectivity index (χ4v) is 3.01. The molecule has 0 bridgehead atoms. The summed E-state index contributed by atoms with van der Waals surface area (Å²) in [4.78, 5) is 12.6. The lowest BCUT2D eigenvalue weighted by atomic mass is 10.3. The standard InChI is InChI=1S/C15H27N5OS.HI/c1-3-16-15(18-11-14-13(2)19-12-22-14)17-5-4-6-20-7-9-21-10-8-20;/h12H,3-11H2,1-2H3,(H2,16,17,18);1H. The van der Waals surface area contributed by atoms with E-state index in [1.54, 1.807) is 11.3 Å². The predicted molar refractivity (Wildman–Crippen MR) is 107 cm³/mol. The number of rotatable bonds is 7. The van der Waals surface area contributed by atoms with Crippen LogP contribution >= 0.6 is 35.3 Å². The number of morpholine rings is 1. The molecular formula is C15H28IN5OS. The molecule has 2 heterocycles. The molecule has 1 aliphatic heterocycles. The molecule has 0 amide bonds. The van der Waals surface area contributed by atoms with Crippen LogP contribution in [0.5, 0.6) is 0 Å². The van der Waals surface area contributed by atoms with Crippen molar-refractivity contribution in [2.45, 2.75) is 26.8 Å². The molecule has 0 aromatic carbocycles. The SMILES string of the molecule is CCNC(=NCc1scnc1C)NCCCN1CCOCC1.I. The highest BCUT2D eigenvalue weighted by atomic mass is 127. The van der Waals surface area contributed by atoms with Gasteiger partial charge in [-0.2, -0.15) is 0 Å². The Labute approximate surface area is 160 Å². The lowest BCUT2D eigenvalue weighted by Gasteiger charge is -2.26. The van der Waals surface area contributed by atoms with E-state index in [1.165, 1.54) is 4.88 Å². The minimum Gasteiger partial charge on any atom is -0.379 e. The van der Waals surface area contributed by atoms with Crippen LogP contribution in [0.3, 0.4) is 0 Å². The van der Waals surface area contributed by atoms with E-state index in [9.17, 15) is 0 Å². The van der Waals surface area contributed by atoms with Crippen LogP contribution < -0.4 is 10.6 Å². The van der Waals surface area contributed by atoms with Crippen LogP contribution in [0, 0.1) is 6.92 Å². The van der Waals surface area contributed by atoms with E-state index in [-0.39, 0.29) is 24.0 Å². The van der Waals surface area contributed by atoms with Crippen molar-refractivity contribution in [3.8, 4) is 0 Å². The number of nitrogens with zero attached hydrogens (tertiary/aromatic N) is 3. The van der Waals surface area contributed by atoms with E-state index in [0.717, 1.165) is 64.0 Å². The number of ether oxygens (including phenoxy) is 1. The third kappa shape index (κ3) is 7.77. The van der Waals surface area contributed by atoms with Gasteiger partial charge in [-0.3, -0.25) is 4.90 Å². The molecule has 6 nitrogen and oxygen atoms in total. The highest BCUT2D eigenvalue weighted by Crippen LogP contribution is 2.12. The average Bonchev–Trinajstić information content (AvgIpc) is 2.95. The Hall–Kier alpha value is -0.450. The third-order valence-corrected chi connectivity index (χ3v) is 4.54. The predicted octanol–water partition coefficient (Wildman–Crippen LogP) is 1.85. The molecule has 0 atom stereocenters. The second kappa shape index (κ2) is 12.0. The molecule has 0 saturated carbocycles. The minimum absolute atomic E-state index is 0. The van der Waals surface area contributed by atoms with Crippen molar-refractivity contribution >= 4 is 41.3 Å². The third-order valence-electron chi connectivity index (χ3n) is 3.62. The summed E-state index contributed by atoms with van der Waals surface area (Å²) in [5.41, 5.74) is 2.96. The summed E-state index contributed by atoms with van der Waals surface area (Å²) in [5.74, 6) is 0.886. The van der Waals surface area contributed by atoms with E-state index in [1.807, 2.05) is 12.4 Å². The molecule has 0 spiro atoms. The maximum absolute atomic E-state index is 5.36. The highest BCUT2D eigenvalue weighted by Gasteiger charge is 2.09. The summed E-state index contributed by atoms with van der Waals surface area (Å²) in [6.07, 6.45) is 1.12. The molecule has 0 unspecified atom stereocenters. The van der Waals surface area contributed by atoms with E-state index >= 15 is 0 Å². The Morgan fingerprint density at radius 2 is 2.17 bits per heavy atom. The van der Waals surface area contributed by atoms with Gasteiger partial charge in [0.05, 0.1) is 31.0 Å². The van der Waals surface area contributed by atoms with Crippen molar-refractivity contribution in [3.05, 3.63) is 16.1 Å². The summed E-state index contributed by atoms with van der Waals surface area (Å²) >= 11 is 1.66. The molecular weight excluding hydrogens is 425 g/mol. The summed E-state index contributed by atoms with van der Waals surface area (Å²) in [6.45, 7) is 11.6. The van der Waals surface area contributed by atoms with Gasteiger partial charge in [-0.15, -0.1) is 35.3 Å². The lowest BCUT2D eigenvalue weighted by Crippen LogP contribution is -2.40. The molecule has 1 fully saturated rings. The number of nitrogens with one attached hydrogen (secondary N) is 2. The van der Waals surface area contributed by atoms with Crippen LogP contribution in [0.2, 0.25) is 0 Å². The van der Waals surface area contributed by atoms with Crippen LogP contribution in [-0.4, -0.2) is 61.8 Å². The zero-order valence-electron chi connectivity index (χ0n) is 14.0. The molecule has 1 aliphatic rings. The average molecular weight is 453 g/mol. The number of guanidine groups is 1. The first kappa shape index (κ1) is 20.6. The Kier molecular flexibility index (Phi) is 10.7. The summed E-state index contributed by atoms with van der Waals surface area (Å²) in [7, 11) is 0. The molecule has 0 aliphatic carbocycles. The van der Waals surface area contributed by atoms with Crippen LogP contribution in [0.1, 0.15) is 23.9 Å². The molecule has 1 saturated heterocycles. The van der Waals surface area contributed by atoms with E-state index in [0.29, 0.717) is 6.54 Å². The second-order valence-electron chi connectivity index (χ2n) is 5.29. The van der Waals surface area contributed by atoms with Crippen molar-refractivity contribution < 1.29 is 4.74 Å². The maximum Gasteiger partial charge on any atom is 0.191 e. The number of hydrogen-bond donors (Lipinski definition) is 2. The number of halogens is 1. The smallest absolute Gasteiger partial charge is 0.191 e. The fourth-order valence-electron chi connectivity index (χ4n) is 2.30. The van der Waals surface area contributed by atoms with Gasteiger partial charge in [-0.1, -0.05) is 0 Å². The number of aryl methyl sites for hydroxylation is 1. The van der Waals surface area contributed by atoms with Gasteiger partial charge in [0.25, 0.3) is 0 Å². The van der Waals surface area contributed by atoms with Crippen molar-refractivity contribution in [1.29, 1.82) is 0 Å². The van der Waals surface area contributed by atoms with Crippen LogP contribution in [-0.2, 0) is 11.3 Å². The molecule has 8 heteroatoms. The first-order chi connectivity index (χ1) is 10.8. The van der Waals surface area contributed by atoms with Crippen molar-refractivity contribution in [2.24, 2.45) is 4.99 Å². The van der Waals surface area contributed by atoms with E-state index in [2.05, 4.69) is 32.4 Å². The number of aliphatic imine (C=N–C) groups is 1. The maximum atomic E-state index is 5.36.